The first-order valence-electron chi connectivity index (χ1n) is 8.30. The average Bonchev–Trinajstić information content (AvgIpc) is 3.21. The predicted molar refractivity (Wildman–Crippen MR) is 101 cm³/mol. The van der Waals surface area contributed by atoms with Crippen LogP contribution in [-0.2, 0) is 17.6 Å². The van der Waals surface area contributed by atoms with Gasteiger partial charge in [-0.05, 0) is 55.5 Å². The summed E-state index contributed by atoms with van der Waals surface area (Å²) < 4.78 is 10.5. The molecule has 7 heteroatoms. The van der Waals surface area contributed by atoms with Crippen molar-refractivity contribution in [1.82, 2.24) is 0 Å². The lowest BCUT2D eigenvalue weighted by Crippen LogP contribution is -2.14. The number of halogens is 1. The first-order valence-corrected chi connectivity index (χ1v) is 9.49. The molecule has 0 saturated carbocycles. The Morgan fingerprint density at radius 2 is 2.04 bits per heavy atom. The smallest absolute Gasteiger partial charge is 0.341 e. The van der Waals surface area contributed by atoms with Crippen LogP contribution >= 0.6 is 22.9 Å². The molecular weight excluding hydrogens is 374 g/mol. The van der Waals surface area contributed by atoms with Gasteiger partial charge in [0.25, 0.3) is 5.91 Å². The van der Waals surface area contributed by atoms with Gasteiger partial charge in [-0.25, -0.2) is 4.79 Å². The van der Waals surface area contributed by atoms with Crippen molar-refractivity contribution in [2.45, 2.75) is 25.7 Å². The number of rotatable bonds is 3. The molecule has 1 aromatic carbocycles. The fourth-order valence-electron chi connectivity index (χ4n) is 3.26. The third-order valence-corrected chi connectivity index (χ3v) is 5.93. The van der Waals surface area contributed by atoms with E-state index in [-0.39, 0.29) is 5.76 Å². The van der Waals surface area contributed by atoms with Crippen LogP contribution in [0.4, 0.5) is 5.00 Å². The molecule has 0 fully saturated rings. The number of furan rings is 1. The van der Waals surface area contributed by atoms with Crippen LogP contribution in [-0.4, -0.2) is 19.0 Å². The largest absolute Gasteiger partial charge is 0.465 e. The number of ether oxygens (including phenoxy) is 1. The van der Waals surface area contributed by atoms with Gasteiger partial charge in [-0.3, -0.25) is 4.79 Å². The van der Waals surface area contributed by atoms with Crippen molar-refractivity contribution in [3.05, 3.63) is 51.1 Å². The van der Waals surface area contributed by atoms with Crippen LogP contribution in [0.5, 0.6) is 0 Å². The molecular formula is C19H16ClNO4S. The average molecular weight is 390 g/mol. The minimum atomic E-state index is -0.420. The summed E-state index contributed by atoms with van der Waals surface area (Å²) in [6.45, 7) is 0. The maximum absolute atomic E-state index is 12.7. The molecule has 0 bridgehead atoms. The van der Waals surface area contributed by atoms with Crippen molar-refractivity contribution in [2.24, 2.45) is 0 Å². The van der Waals surface area contributed by atoms with Gasteiger partial charge in [0, 0.05) is 15.3 Å². The van der Waals surface area contributed by atoms with Gasteiger partial charge in [0.2, 0.25) is 0 Å². The molecule has 1 aliphatic rings. The van der Waals surface area contributed by atoms with Gasteiger partial charge in [0.1, 0.15) is 10.6 Å². The van der Waals surface area contributed by atoms with Crippen LogP contribution in [0.2, 0.25) is 5.02 Å². The maximum Gasteiger partial charge on any atom is 0.341 e. The maximum atomic E-state index is 12.7. The lowest BCUT2D eigenvalue weighted by molar-refractivity contribution is 0.0601. The molecule has 134 valence electrons. The number of esters is 1. The van der Waals surface area contributed by atoms with Crippen LogP contribution < -0.4 is 5.32 Å². The Balaban J connectivity index is 1.68. The van der Waals surface area contributed by atoms with Crippen molar-refractivity contribution >= 4 is 50.8 Å². The van der Waals surface area contributed by atoms with Gasteiger partial charge < -0.3 is 14.5 Å². The van der Waals surface area contributed by atoms with Crippen molar-refractivity contribution < 1.29 is 18.7 Å². The second-order valence-corrected chi connectivity index (χ2v) is 7.70. The first-order chi connectivity index (χ1) is 12.6. The van der Waals surface area contributed by atoms with Gasteiger partial charge in [0.15, 0.2) is 5.76 Å². The summed E-state index contributed by atoms with van der Waals surface area (Å²) in [5, 5.41) is 4.67. The zero-order chi connectivity index (χ0) is 18.3. The molecule has 0 spiro atoms. The summed E-state index contributed by atoms with van der Waals surface area (Å²) in [5.41, 5.74) is 2.05. The highest BCUT2D eigenvalue weighted by atomic mass is 35.5. The Labute approximate surface area is 158 Å². The van der Waals surface area contributed by atoms with E-state index in [0.29, 0.717) is 21.2 Å². The minimum absolute atomic E-state index is 0.171. The summed E-state index contributed by atoms with van der Waals surface area (Å²) in [6.07, 6.45) is 3.87. The molecule has 26 heavy (non-hydrogen) atoms. The van der Waals surface area contributed by atoms with Gasteiger partial charge >= 0.3 is 5.97 Å². The molecule has 4 rings (SSSR count). The molecule has 5 nitrogen and oxygen atoms in total. The number of methoxy groups -OCH3 is 1. The quantitative estimate of drug-likeness (QED) is 0.635. The molecule has 0 unspecified atom stereocenters. The molecule has 2 aromatic heterocycles. The zero-order valence-corrected chi connectivity index (χ0v) is 15.6. The zero-order valence-electron chi connectivity index (χ0n) is 14.1. The molecule has 3 aromatic rings. The molecule has 0 saturated heterocycles. The van der Waals surface area contributed by atoms with E-state index in [9.17, 15) is 9.59 Å². The number of amides is 1. The number of fused-ring (bicyclic) bond motifs is 2. The summed E-state index contributed by atoms with van der Waals surface area (Å²) in [4.78, 5) is 26.1. The number of aryl methyl sites for hydroxylation is 1. The number of hydrogen-bond acceptors (Lipinski definition) is 5. The van der Waals surface area contributed by atoms with Crippen LogP contribution in [0.3, 0.4) is 0 Å². The summed E-state index contributed by atoms with van der Waals surface area (Å²) in [5.74, 6) is -0.651. The lowest BCUT2D eigenvalue weighted by Gasteiger charge is -2.11. The third-order valence-electron chi connectivity index (χ3n) is 4.49. The Morgan fingerprint density at radius 3 is 2.85 bits per heavy atom. The SMILES string of the molecule is COC(=O)c1c(NC(=O)c2cc3cc(Cl)ccc3o2)sc2c1CCCC2. The normalized spacial score (nSPS) is 13.5. The fraction of sp³-hybridized carbons (Fsp3) is 0.263. The van der Waals surface area contributed by atoms with Crippen molar-refractivity contribution in [1.29, 1.82) is 0 Å². The Bertz CT molecular complexity index is 1020. The monoisotopic (exact) mass is 389 g/mol. The summed E-state index contributed by atoms with van der Waals surface area (Å²) in [6, 6.07) is 6.80. The van der Waals surface area contributed by atoms with Crippen LogP contribution in [0, 0.1) is 0 Å². The van der Waals surface area contributed by atoms with Gasteiger partial charge in [-0.2, -0.15) is 0 Å². The van der Waals surface area contributed by atoms with Gasteiger partial charge in [-0.1, -0.05) is 11.6 Å². The highest BCUT2D eigenvalue weighted by Crippen LogP contribution is 2.39. The highest BCUT2D eigenvalue weighted by Gasteiger charge is 2.27. The molecule has 0 aliphatic heterocycles. The third kappa shape index (κ3) is 2.99. The van der Waals surface area contributed by atoms with Crippen molar-refractivity contribution in [3.63, 3.8) is 0 Å². The standard InChI is InChI=1S/C19H16ClNO4S/c1-24-19(23)16-12-4-2-3-5-15(12)26-18(16)21-17(22)14-9-10-8-11(20)6-7-13(10)25-14/h6-9H,2-5H2,1H3,(H,21,22). The van der Waals surface area contributed by atoms with E-state index < -0.39 is 11.9 Å². The number of carbonyl (C=O) groups excluding carboxylic acids is 2. The second kappa shape index (κ2) is 6.78. The molecule has 2 heterocycles. The Hall–Kier alpha value is -2.31. The summed E-state index contributed by atoms with van der Waals surface area (Å²) >= 11 is 7.42. The van der Waals surface area contributed by atoms with E-state index in [4.69, 9.17) is 20.8 Å². The fourth-order valence-corrected chi connectivity index (χ4v) is 4.72. The van der Waals surface area contributed by atoms with E-state index in [1.165, 1.54) is 18.4 Å². The van der Waals surface area contributed by atoms with Crippen LogP contribution in [0.1, 0.15) is 44.2 Å². The van der Waals surface area contributed by atoms with Crippen molar-refractivity contribution in [2.75, 3.05) is 12.4 Å². The number of anilines is 1. The predicted octanol–water partition coefficient (Wildman–Crippen LogP) is 5.07. The summed E-state index contributed by atoms with van der Waals surface area (Å²) in [7, 11) is 1.35. The second-order valence-electron chi connectivity index (χ2n) is 6.15. The number of carbonyl (C=O) groups is 2. The van der Waals surface area contributed by atoms with Gasteiger partial charge in [-0.15, -0.1) is 11.3 Å². The Kier molecular flexibility index (Phi) is 4.46. The minimum Gasteiger partial charge on any atom is -0.465 e. The molecule has 1 aliphatic carbocycles. The van der Waals surface area contributed by atoms with E-state index in [1.54, 1.807) is 24.3 Å². The topological polar surface area (TPSA) is 68.5 Å². The van der Waals surface area contributed by atoms with Crippen molar-refractivity contribution in [3.8, 4) is 0 Å². The van der Waals surface area contributed by atoms with Crippen LogP contribution in [0.15, 0.2) is 28.7 Å². The molecule has 0 atom stereocenters. The van der Waals surface area contributed by atoms with E-state index in [1.807, 2.05) is 0 Å². The number of hydrogen-bond donors (Lipinski definition) is 1. The first kappa shape index (κ1) is 17.1. The van der Waals surface area contributed by atoms with E-state index in [0.717, 1.165) is 41.5 Å². The molecule has 1 amide bonds. The number of benzene rings is 1. The van der Waals surface area contributed by atoms with E-state index >= 15 is 0 Å². The van der Waals surface area contributed by atoms with Crippen LogP contribution in [0.25, 0.3) is 11.0 Å². The van der Waals surface area contributed by atoms with E-state index in [2.05, 4.69) is 5.32 Å². The number of thiophene rings is 1. The highest BCUT2D eigenvalue weighted by molar-refractivity contribution is 7.17. The number of nitrogens with one attached hydrogen (secondary N) is 1. The molecule has 0 radical (unpaired) electrons. The molecule has 1 N–H and O–H groups in total. The van der Waals surface area contributed by atoms with Gasteiger partial charge in [0.05, 0.1) is 12.7 Å². The Morgan fingerprint density at radius 1 is 1.23 bits per heavy atom. The lowest BCUT2D eigenvalue weighted by atomic mass is 9.95.